The van der Waals surface area contributed by atoms with E-state index in [1.807, 2.05) is 32.2 Å². The Bertz CT molecular complexity index is 709. The monoisotopic (exact) mass is 301 g/mol. The Kier molecular flexibility index (Phi) is 4.03. The van der Waals surface area contributed by atoms with Crippen LogP contribution in [0.5, 0.6) is 0 Å². The molecule has 0 aliphatic heterocycles. The van der Waals surface area contributed by atoms with Gasteiger partial charge in [0.05, 0.1) is 17.1 Å². The molecule has 0 atom stereocenters. The molecule has 0 radical (unpaired) electrons. The molecule has 21 heavy (non-hydrogen) atoms. The lowest BCUT2D eigenvalue weighted by molar-refractivity contribution is 0.268. The average molecular weight is 301 g/mol. The van der Waals surface area contributed by atoms with Crippen molar-refractivity contribution in [2.45, 2.75) is 20.0 Å². The van der Waals surface area contributed by atoms with Gasteiger partial charge in [0.15, 0.2) is 5.76 Å². The first kappa shape index (κ1) is 13.8. The summed E-state index contributed by atoms with van der Waals surface area (Å²) >= 11 is 1.43. The van der Waals surface area contributed by atoms with Crippen molar-refractivity contribution in [3.05, 3.63) is 46.9 Å². The van der Waals surface area contributed by atoms with E-state index < -0.39 is 0 Å². The van der Waals surface area contributed by atoms with Crippen LogP contribution >= 0.6 is 11.5 Å². The average Bonchev–Trinajstić information content (AvgIpc) is 3.10. The first-order valence-electron chi connectivity index (χ1n) is 6.55. The number of hydrogen-bond acceptors (Lipinski definition) is 7. The van der Waals surface area contributed by atoms with Gasteiger partial charge in [-0.05, 0) is 37.6 Å². The van der Waals surface area contributed by atoms with Crippen LogP contribution < -0.4 is 0 Å². The van der Waals surface area contributed by atoms with Crippen molar-refractivity contribution in [1.82, 2.24) is 24.6 Å². The molecule has 0 amide bonds. The van der Waals surface area contributed by atoms with E-state index in [4.69, 9.17) is 4.52 Å². The Balaban J connectivity index is 1.66. The molecule has 0 aliphatic carbocycles. The molecule has 0 saturated heterocycles. The summed E-state index contributed by atoms with van der Waals surface area (Å²) < 4.78 is 9.35. The van der Waals surface area contributed by atoms with Gasteiger partial charge in [-0.15, -0.1) is 5.10 Å². The quantitative estimate of drug-likeness (QED) is 0.721. The fourth-order valence-corrected chi connectivity index (χ4v) is 2.72. The fourth-order valence-electron chi connectivity index (χ4n) is 2.01. The van der Waals surface area contributed by atoms with E-state index in [2.05, 4.69) is 24.6 Å². The molecule has 3 rings (SSSR count). The number of hydrogen-bond donors (Lipinski definition) is 0. The van der Waals surface area contributed by atoms with E-state index >= 15 is 0 Å². The van der Waals surface area contributed by atoms with Crippen molar-refractivity contribution < 1.29 is 4.52 Å². The Morgan fingerprint density at radius 2 is 2.05 bits per heavy atom. The van der Waals surface area contributed by atoms with Gasteiger partial charge in [-0.1, -0.05) is 9.64 Å². The fraction of sp³-hybridized carbons (Fsp3) is 0.286. The third-order valence-corrected chi connectivity index (χ3v) is 3.93. The predicted octanol–water partition coefficient (Wildman–Crippen LogP) is 2.53. The Morgan fingerprint density at radius 1 is 1.24 bits per heavy atom. The zero-order valence-electron chi connectivity index (χ0n) is 11.9. The van der Waals surface area contributed by atoms with Crippen LogP contribution in [-0.4, -0.2) is 31.7 Å². The number of aryl methyl sites for hydroxylation is 1. The van der Waals surface area contributed by atoms with Gasteiger partial charge >= 0.3 is 0 Å². The SMILES string of the molecule is Cc1nnsc1CN(C)Cc1cc(-c2ccncc2)no1. The highest BCUT2D eigenvalue weighted by atomic mass is 32.1. The van der Waals surface area contributed by atoms with Crippen LogP contribution in [0.2, 0.25) is 0 Å². The second-order valence-electron chi connectivity index (χ2n) is 4.87. The normalized spacial score (nSPS) is 11.2. The van der Waals surface area contributed by atoms with Crippen molar-refractivity contribution in [2.75, 3.05) is 7.05 Å². The smallest absolute Gasteiger partial charge is 0.151 e. The van der Waals surface area contributed by atoms with Crippen molar-refractivity contribution in [2.24, 2.45) is 0 Å². The van der Waals surface area contributed by atoms with Gasteiger partial charge in [0.25, 0.3) is 0 Å². The van der Waals surface area contributed by atoms with Gasteiger partial charge in [0, 0.05) is 30.6 Å². The molecule has 6 nitrogen and oxygen atoms in total. The van der Waals surface area contributed by atoms with Crippen LogP contribution in [0.4, 0.5) is 0 Å². The molecule has 0 bridgehead atoms. The van der Waals surface area contributed by atoms with Crippen LogP contribution in [0.3, 0.4) is 0 Å². The van der Waals surface area contributed by atoms with E-state index in [-0.39, 0.29) is 0 Å². The maximum Gasteiger partial charge on any atom is 0.151 e. The van der Waals surface area contributed by atoms with Gasteiger partial charge in [-0.3, -0.25) is 9.88 Å². The number of nitrogens with zero attached hydrogens (tertiary/aromatic N) is 5. The Labute approximate surface area is 126 Å². The highest BCUT2D eigenvalue weighted by Gasteiger charge is 2.11. The predicted molar refractivity (Wildman–Crippen MR) is 79.6 cm³/mol. The van der Waals surface area contributed by atoms with Gasteiger partial charge in [-0.2, -0.15) is 0 Å². The van der Waals surface area contributed by atoms with Crippen molar-refractivity contribution in [1.29, 1.82) is 0 Å². The first-order chi connectivity index (χ1) is 10.2. The van der Waals surface area contributed by atoms with Crippen molar-refractivity contribution in [3.63, 3.8) is 0 Å². The van der Waals surface area contributed by atoms with Crippen molar-refractivity contribution >= 4 is 11.5 Å². The largest absolute Gasteiger partial charge is 0.359 e. The Morgan fingerprint density at radius 3 is 2.76 bits per heavy atom. The third-order valence-electron chi connectivity index (χ3n) is 3.12. The van der Waals surface area contributed by atoms with E-state index in [1.54, 1.807) is 12.4 Å². The van der Waals surface area contributed by atoms with Gasteiger partial charge in [0.2, 0.25) is 0 Å². The minimum Gasteiger partial charge on any atom is -0.359 e. The highest BCUT2D eigenvalue weighted by Crippen LogP contribution is 2.19. The maximum absolute atomic E-state index is 5.40. The standard InChI is InChI=1S/C14H15N5OS/c1-10-14(21-18-16-10)9-19(2)8-12-7-13(17-20-12)11-3-5-15-6-4-11/h3-7H,8-9H2,1-2H3. The second kappa shape index (κ2) is 6.11. The van der Waals surface area contributed by atoms with Crippen LogP contribution in [0.15, 0.2) is 35.1 Å². The number of rotatable bonds is 5. The van der Waals surface area contributed by atoms with E-state index in [1.165, 1.54) is 16.4 Å². The molecular formula is C14H15N5OS. The van der Waals surface area contributed by atoms with Crippen molar-refractivity contribution in [3.8, 4) is 11.3 Å². The minimum absolute atomic E-state index is 0.690. The molecule has 0 aromatic carbocycles. The van der Waals surface area contributed by atoms with E-state index in [0.29, 0.717) is 6.54 Å². The minimum atomic E-state index is 0.690. The highest BCUT2D eigenvalue weighted by molar-refractivity contribution is 7.05. The summed E-state index contributed by atoms with van der Waals surface area (Å²) in [4.78, 5) is 7.32. The summed E-state index contributed by atoms with van der Waals surface area (Å²) in [7, 11) is 2.04. The molecular weight excluding hydrogens is 286 g/mol. The zero-order chi connectivity index (χ0) is 14.7. The molecule has 7 heteroatoms. The topological polar surface area (TPSA) is 67.9 Å². The lowest BCUT2D eigenvalue weighted by Crippen LogP contribution is -2.16. The van der Waals surface area contributed by atoms with Gasteiger partial charge < -0.3 is 4.52 Å². The van der Waals surface area contributed by atoms with Crippen LogP contribution in [0, 0.1) is 6.92 Å². The molecule has 0 spiro atoms. The molecule has 108 valence electrons. The first-order valence-corrected chi connectivity index (χ1v) is 7.32. The lowest BCUT2D eigenvalue weighted by Gasteiger charge is -2.12. The summed E-state index contributed by atoms with van der Waals surface area (Å²) in [5.41, 5.74) is 2.82. The molecule has 3 aromatic rings. The Hall–Kier alpha value is -2.12. The second-order valence-corrected chi connectivity index (χ2v) is 5.71. The number of pyridine rings is 1. The molecule has 0 fully saturated rings. The summed E-state index contributed by atoms with van der Waals surface area (Å²) in [6.45, 7) is 3.47. The van der Waals surface area contributed by atoms with Gasteiger partial charge in [-0.25, -0.2) is 0 Å². The summed E-state index contributed by atoms with van der Waals surface area (Å²) in [5, 5.41) is 8.12. The molecule has 0 unspecified atom stereocenters. The van der Waals surface area contributed by atoms with Gasteiger partial charge in [0.1, 0.15) is 5.69 Å². The summed E-state index contributed by atoms with van der Waals surface area (Å²) in [6.07, 6.45) is 3.49. The maximum atomic E-state index is 5.40. The molecule has 0 aliphatic rings. The summed E-state index contributed by atoms with van der Waals surface area (Å²) in [6, 6.07) is 5.79. The third kappa shape index (κ3) is 3.32. The van der Waals surface area contributed by atoms with Crippen LogP contribution in [0.1, 0.15) is 16.3 Å². The van der Waals surface area contributed by atoms with E-state index in [0.717, 1.165) is 29.3 Å². The lowest BCUT2D eigenvalue weighted by atomic mass is 10.2. The number of aromatic nitrogens is 4. The van der Waals surface area contributed by atoms with Crippen LogP contribution in [-0.2, 0) is 13.1 Å². The zero-order valence-corrected chi connectivity index (χ0v) is 12.7. The van der Waals surface area contributed by atoms with E-state index in [9.17, 15) is 0 Å². The molecule has 0 N–H and O–H groups in total. The molecule has 3 aromatic heterocycles. The molecule has 3 heterocycles. The van der Waals surface area contributed by atoms with Crippen LogP contribution in [0.25, 0.3) is 11.3 Å². The molecule has 0 saturated carbocycles. The summed E-state index contributed by atoms with van der Waals surface area (Å²) in [5.74, 6) is 0.833.